The van der Waals surface area contributed by atoms with E-state index in [9.17, 15) is 0 Å². The Balaban J connectivity index is 0.000000260. The van der Waals surface area contributed by atoms with Gasteiger partial charge in [-0.25, -0.2) is 10.6 Å². The predicted molar refractivity (Wildman–Crippen MR) is 170 cm³/mol. The van der Waals surface area contributed by atoms with E-state index >= 15 is 0 Å². The average Bonchev–Trinajstić information content (AvgIpc) is 3.35. The number of aromatic nitrogens is 2. The van der Waals surface area contributed by atoms with Crippen LogP contribution in [0.25, 0.3) is 11.4 Å². The molecule has 0 radical (unpaired) electrons. The van der Waals surface area contributed by atoms with Crippen LogP contribution < -0.4 is 4.33 Å². The second-order valence-electron chi connectivity index (χ2n) is 10.8. The normalized spacial score (nSPS) is 11.3. The van der Waals surface area contributed by atoms with Crippen molar-refractivity contribution in [3.8, 4) is 11.4 Å². The van der Waals surface area contributed by atoms with Gasteiger partial charge in [-0.15, -0.1) is 0 Å². The third-order valence-corrected chi connectivity index (χ3v) is 10.8. The van der Waals surface area contributed by atoms with E-state index in [-0.39, 0.29) is 0 Å². The summed E-state index contributed by atoms with van der Waals surface area (Å²) in [5.74, 6) is 0. The van der Waals surface area contributed by atoms with Gasteiger partial charge in [0.15, 0.2) is 11.4 Å². The van der Waals surface area contributed by atoms with Crippen LogP contribution in [0, 0.1) is 55.4 Å². The number of rotatable bonds is 6. The first-order valence-corrected chi connectivity index (χ1v) is 16.0. The Morgan fingerprint density at radius 3 is 1.45 bits per heavy atom. The van der Waals surface area contributed by atoms with Crippen molar-refractivity contribution >= 4 is 16.7 Å². The van der Waals surface area contributed by atoms with Crippen molar-refractivity contribution < 1.29 is 4.33 Å². The lowest BCUT2D eigenvalue weighted by molar-refractivity contribution is -0.526. The first-order valence-electron chi connectivity index (χ1n) is 14.3. The van der Waals surface area contributed by atoms with Crippen molar-refractivity contribution in [3.63, 3.8) is 0 Å². The van der Waals surface area contributed by atoms with Crippen LogP contribution in [-0.4, -0.2) is 4.33 Å². The third-order valence-electron chi connectivity index (χ3n) is 7.74. The second kappa shape index (κ2) is 12.8. The molecule has 0 aliphatic rings. The van der Waals surface area contributed by atoms with E-state index < -0.39 is 0 Å². The predicted octanol–water partition coefficient (Wildman–Crippen LogP) is 10.0. The molecule has 204 valence electrons. The van der Waals surface area contributed by atoms with E-state index in [0.717, 1.165) is 0 Å². The zero-order valence-corrected chi connectivity index (χ0v) is 27.7. The van der Waals surface area contributed by atoms with Gasteiger partial charge < -0.3 is 8.19 Å². The highest BCUT2D eigenvalue weighted by Gasteiger charge is 2.25. The Morgan fingerprint density at radius 1 is 0.632 bits per heavy atom. The van der Waals surface area contributed by atoms with Gasteiger partial charge in [-0.05, 0) is 76.6 Å². The SMILES string of the molecule is CCc1[p-]c(CC)c(CC)c1CC.Cc1cc(C)c(-n2p[n+](-c3c(C)cc(C)cc3C)c(C)c2C)c(C)c1. The highest BCUT2D eigenvalue weighted by Crippen LogP contribution is 2.34. The fourth-order valence-corrected chi connectivity index (χ4v) is 9.08. The third kappa shape index (κ3) is 6.03. The van der Waals surface area contributed by atoms with Crippen molar-refractivity contribution in [1.29, 1.82) is 0 Å². The molecule has 4 heteroatoms. The quantitative estimate of drug-likeness (QED) is 0.228. The summed E-state index contributed by atoms with van der Waals surface area (Å²) in [4.78, 5) is 0. The molecule has 0 aliphatic carbocycles. The van der Waals surface area contributed by atoms with Gasteiger partial charge in [0, 0.05) is 13.8 Å². The molecule has 0 aliphatic heterocycles. The fourth-order valence-electron chi connectivity index (χ4n) is 6.03. The van der Waals surface area contributed by atoms with Gasteiger partial charge in [0.1, 0.15) is 11.4 Å². The van der Waals surface area contributed by atoms with Gasteiger partial charge >= 0.3 is 8.51 Å². The van der Waals surface area contributed by atoms with E-state index in [2.05, 4.69) is 116 Å². The maximum absolute atomic E-state index is 2.44. The van der Waals surface area contributed by atoms with Crippen LogP contribution in [0.3, 0.4) is 0 Å². The molecule has 0 saturated carbocycles. The lowest BCUT2D eigenvalue weighted by Gasteiger charge is -2.08. The summed E-state index contributed by atoms with van der Waals surface area (Å²) in [5, 5.41) is 3.35. The molecule has 0 amide bonds. The Hall–Kier alpha value is -2.14. The van der Waals surface area contributed by atoms with Crippen LogP contribution in [0.2, 0.25) is 0 Å². The monoisotopic (exact) mass is 546 g/mol. The van der Waals surface area contributed by atoms with Crippen molar-refractivity contribution in [2.45, 2.75) is 109 Å². The first-order chi connectivity index (χ1) is 18.0. The minimum Gasteiger partial charge on any atom is -0.524 e. The molecule has 2 heterocycles. The zero-order chi connectivity index (χ0) is 28.3. The molecule has 2 nitrogen and oxygen atoms in total. The van der Waals surface area contributed by atoms with E-state index in [1.54, 1.807) is 21.7 Å². The highest BCUT2D eigenvalue weighted by molar-refractivity contribution is 7.32. The topological polar surface area (TPSA) is 8.81 Å². The van der Waals surface area contributed by atoms with E-state index in [4.69, 9.17) is 0 Å². The molecule has 2 aromatic heterocycles. The number of nitrogens with zero attached hydrogens (tertiary/aromatic N) is 2. The maximum atomic E-state index is 2.44. The lowest BCUT2D eigenvalue weighted by Crippen LogP contribution is -2.30. The van der Waals surface area contributed by atoms with E-state index in [1.165, 1.54) is 98.5 Å². The minimum absolute atomic E-state index is 1.19. The molecule has 2 aromatic carbocycles. The summed E-state index contributed by atoms with van der Waals surface area (Å²) in [6, 6.07) is 9.13. The summed E-state index contributed by atoms with van der Waals surface area (Å²) < 4.78 is 4.89. The largest absolute Gasteiger partial charge is 0.524 e. The molecule has 0 saturated heterocycles. The highest BCUT2D eigenvalue weighted by atomic mass is 31.1. The lowest BCUT2D eigenvalue weighted by atomic mass is 10.0. The summed E-state index contributed by atoms with van der Waals surface area (Å²) in [7, 11) is 2.72. The molecule has 0 unspecified atom stereocenters. The molecule has 4 aromatic rings. The second-order valence-corrected chi connectivity index (χ2v) is 13.0. The van der Waals surface area contributed by atoms with Crippen molar-refractivity contribution in [2.75, 3.05) is 0 Å². The minimum atomic E-state index is 1.19. The molecular weight excluding hydrogens is 498 g/mol. The van der Waals surface area contributed by atoms with Crippen molar-refractivity contribution in [3.05, 3.63) is 90.8 Å². The molecule has 38 heavy (non-hydrogen) atoms. The van der Waals surface area contributed by atoms with Gasteiger partial charge in [-0.1, -0.05) is 87.1 Å². The Kier molecular flexibility index (Phi) is 10.2. The van der Waals surface area contributed by atoms with Crippen LogP contribution in [0.1, 0.15) is 94.2 Å². The van der Waals surface area contributed by atoms with Gasteiger partial charge in [-0.2, -0.15) is 8.66 Å². The summed E-state index contributed by atoms with van der Waals surface area (Å²) >= 11 is 0. The van der Waals surface area contributed by atoms with Crippen LogP contribution >= 0.6 is 16.7 Å². The van der Waals surface area contributed by atoms with Gasteiger partial charge in [0.2, 0.25) is 0 Å². The maximum Gasteiger partial charge on any atom is 0.358 e. The van der Waals surface area contributed by atoms with Crippen molar-refractivity contribution in [1.82, 2.24) is 4.33 Å². The van der Waals surface area contributed by atoms with Crippen LogP contribution in [0.15, 0.2) is 24.3 Å². The molecule has 4 rings (SSSR count). The summed E-state index contributed by atoms with van der Waals surface area (Å²) in [5.41, 5.74) is 16.7. The Labute approximate surface area is 235 Å². The number of hydrogen-bond acceptors (Lipinski definition) is 0. The van der Waals surface area contributed by atoms with E-state index in [0.29, 0.717) is 0 Å². The smallest absolute Gasteiger partial charge is 0.358 e. The molecule has 0 N–H and O–H groups in total. The molecule has 0 spiro atoms. The number of benzene rings is 2. The van der Waals surface area contributed by atoms with Gasteiger partial charge in [0.05, 0.1) is 0 Å². The van der Waals surface area contributed by atoms with Crippen LogP contribution in [0.5, 0.6) is 0 Å². The standard InChI is InChI=1S/C22H28N2P.C12H20P/c1-13-9-15(3)21(16(4)10-13)23-19(7)20(8)24(25-23)22-17(5)11-14(2)12-18(22)6;1-5-9-10(6-2)12(8-4)13-11(9)7-3/h9-12H,1-8H3;5-8H2,1-4H3/q+1;-1. The molecule has 0 bridgehead atoms. The first kappa shape index (κ1) is 30.4. The van der Waals surface area contributed by atoms with Crippen molar-refractivity contribution in [2.24, 2.45) is 0 Å². The van der Waals surface area contributed by atoms with Crippen LogP contribution in [-0.2, 0) is 25.7 Å². The zero-order valence-electron chi connectivity index (χ0n) is 25.9. The van der Waals surface area contributed by atoms with Gasteiger partial charge in [-0.3, -0.25) is 0 Å². The number of aryl methyl sites for hydroxylation is 8. The molecule has 0 atom stereocenters. The summed E-state index contributed by atoms with van der Waals surface area (Å²) in [6.45, 7) is 26.8. The Morgan fingerprint density at radius 2 is 1.05 bits per heavy atom. The molecule has 0 fully saturated rings. The van der Waals surface area contributed by atoms with Gasteiger partial charge in [0.25, 0.3) is 0 Å². The molecular formula is C34H48N2P2. The summed E-state index contributed by atoms with van der Waals surface area (Å²) in [6.07, 6.45) is 4.92. The Bertz CT molecular complexity index is 1280. The van der Waals surface area contributed by atoms with Crippen LogP contribution in [0.4, 0.5) is 0 Å². The average molecular weight is 547 g/mol. The number of hydrogen-bond donors (Lipinski definition) is 0. The van der Waals surface area contributed by atoms with E-state index in [1.807, 2.05) is 0 Å². The fraction of sp³-hybridized carbons (Fsp3) is 0.471.